The molecule has 1 N–H and O–H groups in total. The highest BCUT2D eigenvalue weighted by Gasteiger charge is 2.29. The van der Waals surface area contributed by atoms with E-state index in [0.717, 1.165) is 31.4 Å². The standard InChI is InChI=1S/C19H30N4O2/c1-15(2)8-10-21-19(25)22-11-5-7-18(14-22)23(16(3)24)13-17-6-4-9-20-12-17/h4,6,9,12,15,18H,5,7-8,10-11,13-14H2,1-3H3,(H,21,25). The van der Waals surface area contributed by atoms with E-state index in [1.54, 1.807) is 19.3 Å². The van der Waals surface area contributed by atoms with Crippen LogP contribution in [0.1, 0.15) is 45.6 Å². The van der Waals surface area contributed by atoms with Crippen LogP contribution in [0.4, 0.5) is 4.79 Å². The van der Waals surface area contributed by atoms with Crippen LogP contribution in [0.25, 0.3) is 0 Å². The smallest absolute Gasteiger partial charge is 0.317 e. The molecule has 1 unspecified atom stereocenters. The van der Waals surface area contributed by atoms with Gasteiger partial charge in [0.05, 0.1) is 0 Å². The van der Waals surface area contributed by atoms with Gasteiger partial charge in [0.2, 0.25) is 5.91 Å². The first kappa shape index (κ1) is 19.2. The highest BCUT2D eigenvalue weighted by atomic mass is 16.2. The zero-order valence-corrected chi connectivity index (χ0v) is 15.6. The van der Waals surface area contributed by atoms with Gasteiger partial charge >= 0.3 is 6.03 Å². The summed E-state index contributed by atoms with van der Waals surface area (Å²) in [6, 6.07) is 3.89. The van der Waals surface area contributed by atoms with E-state index in [4.69, 9.17) is 0 Å². The summed E-state index contributed by atoms with van der Waals surface area (Å²) in [5.41, 5.74) is 1.01. The van der Waals surface area contributed by atoms with Crippen molar-refractivity contribution in [1.29, 1.82) is 0 Å². The van der Waals surface area contributed by atoms with E-state index in [1.165, 1.54) is 0 Å². The minimum absolute atomic E-state index is 0.0183. The van der Waals surface area contributed by atoms with Crippen molar-refractivity contribution in [3.63, 3.8) is 0 Å². The Hall–Kier alpha value is -2.11. The first-order valence-corrected chi connectivity index (χ1v) is 9.16. The van der Waals surface area contributed by atoms with Crippen LogP contribution in [0, 0.1) is 5.92 Å². The Morgan fingerprint density at radius 1 is 1.44 bits per heavy atom. The van der Waals surface area contributed by atoms with Crippen LogP contribution in [0.3, 0.4) is 0 Å². The number of hydrogen-bond donors (Lipinski definition) is 1. The van der Waals surface area contributed by atoms with E-state index in [1.807, 2.05) is 21.9 Å². The third kappa shape index (κ3) is 6.03. The fraction of sp³-hybridized carbons (Fsp3) is 0.632. The molecule has 1 atom stereocenters. The Kier molecular flexibility index (Phi) is 7.22. The van der Waals surface area contributed by atoms with Gasteiger partial charge in [0.1, 0.15) is 0 Å². The van der Waals surface area contributed by atoms with Gasteiger partial charge in [0.25, 0.3) is 0 Å². The maximum Gasteiger partial charge on any atom is 0.317 e. The van der Waals surface area contributed by atoms with Gasteiger partial charge in [0, 0.05) is 51.5 Å². The van der Waals surface area contributed by atoms with Crippen LogP contribution < -0.4 is 5.32 Å². The van der Waals surface area contributed by atoms with Crippen LogP contribution in [-0.4, -0.2) is 52.4 Å². The van der Waals surface area contributed by atoms with Crippen molar-refractivity contribution < 1.29 is 9.59 Å². The second-order valence-electron chi connectivity index (χ2n) is 7.16. The van der Waals surface area contributed by atoms with E-state index < -0.39 is 0 Å². The molecular weight excluding hydrogens is 316 g/mol. The molecule has 2 heterocycles. The van der Waals surface area contributed by atoms with Crippen molar-refractivity contribution in [1.82, 2.24) is 20.1 Å². The second kappa shape index (κ2) is 9.39. The average Bonchev–Trinajstić information content (AvgIpc) is 2.60. The molecule has 0 saturated carbocycles. The quantitative estimate of drug-likeness (QED) is 0.861. The van der Waals surface area contributed by atoms with Crippen LogP contribution in [0.15, 0.2) is 24.5 Å². The summed E-state index contributed by atoms with van der Waals surface area (Å²) in [6.07, 6.45) is 6.33. The number of amides is 3. The summed E-state index contributed by atoms with van der Waals surface area (Å²) in [5.74, 6) is 0.609. The predicted molar refractivity (Wildman–Crippen MR) is 97.9 cm³/mol. The van der Waals surface area contributed by atoms with Gasteiger partial charge in [-0.3, -0.25) is 9.78 Å². The van der Waals surface area contributed by atoms with Gasteiger partial charge in [-0.25, -0.2) is 4.79 Å². The van der Waals surface area contributed by atoms with E-state index in [0.29, 0.717) is 25.6 Å². The van der Waals surface area contributed by atoms with Crippen molar-refractivity contribution in [2.24, 2.45) is 5.92 Å². The molecule has 6 heteroatoms. The normalized spacial score (nSPS) is 17.4. The van der Waals surface area contributed by atoms with E-state index in [9.17, 15) is 9.59 Å². The third-order valence-electron chi connectivity index (χ3n) is 4.60. The average molecular weight is 346 g/mol. The lowest BCUT2D eigenvalue weighted by atomic mass is 10.0. The summed E-state index contributed by atoms with van der Waals surface area (Å²) >= 11 is 0. The lowest BCUT2D eigenvalue weighted by molar-refractivity contribution is -0.132. The van der Waals surface area contributed by atoms with Crippen LogP contribution in [0.2, 0.25) is 0 Å². The highest BCUT2D eigenvalue weighted by molar-refractivity contribution is 5.75. The number of carbonyl (C=O) groups is 2. The maximum atomic E-state index is 12.4. The molecule has 1 saturated heterocycles. The third-order valence-corrected chi connectivity index (χ3v) is 4.60. The minimum Gasteiger partial charge on any atom is -0.338 e. The predicted octanol–water partition coefficient (Wildman–Crippen LogP) is 2.65. The number of rotatable bonds is 6. The Bertz CT molecular complexity index is 562. The van der Waals surface area contributed by atoms with E-state index >= 15 is 0 Å². The Balaban J connectivity index is 1.94. The fourth-order valence-corrected chi connectivity index (χ4v) is 3.16. The lowest BCUT2D eigenvalue weighted by Crippen LogP contribution is -2.53. The molecule has 3 amide bonds. The number of nitrogens with zero attached hydrogens (tertiary/aromatic N) is 3. The van der Waals surface area contributed by atoms with Gasteiger partial charge in [-0.2, -0.15) is 0 Å². The Morgan fingerprint density at radius 3 is 2.88 bits per heavy atom. The Labute approximate surface area is 150 Å². The summed E-state index contributed by atoms with van der Waals surface area (Å²) < 4.78 is 0. The van der Waals surface area contributed by atoms with Gasteiger partial charge < -0.3 is 15.1 Å². The molecular formula is C19H30N4O2. The number of aromatic nitrogens is 1. The summed E-state index contributed by atoms with van der Waals surface area (Å²) in [7, 11) is 0. The summed E-state index contributed by atoms with van der Waals surface area (Å²) in [4.78, 5) is 32.4. The number of piperidine rings is 1. The van der Waals surface area contributed by atoms with Crippen molar-refractivity contribution in [2.75, 3.05) is 19.6 Å². The molecule has 0 bridgehead atoms. The fourth-order valence-electron chi connectivity index (χ4n) is 3.16. The van der Waals surface area contributed by atoms with Crippen molar-refractivity contribution in [3.8, 4) is 0 Å². The monoisotopic (exact) mass is 346 g/mol. The van der Waals surface area contributed by atoms with Gasteiger partial charge in [-0.05, 0) is 36.8 Å². The van der Waals surface area contributed by atoms with Gasteiger partial charge in [-0.1, -0.05) is 19.9 Å². The molecule has 1 aliphatic heterocycles. The van der Waals surface area contributed by atoms with E-state index in [2.05, 4.69) is 24.1 Å². The number of pyridine rings is 1. The first-order chi connectivity index (χ1) is 12.0. The lowest BCUT2D eigenvalue weighted by Gasteiger charge is -2.39. The summed E-state index contributed by atoms with van der Waals surface area (Å²) in [6.45, 7) is 8.47. The second-order valence-corrected chi connectivity index (χ2v) is 7.16. The van der Waals surface area contributed by atoms with Gasteiger partial charge in [-0.15, -0.1) is 0 Å². The molecule has 0 radical (unpaired) electrons. The van der Waals surface area contributed by atoms with Crippen molar-refractivity contribution >= 4 is 11.9 Å². The molecule has 6 nitrogen and oxygen atoms in total. The van der Waals surface area contributed by atoms with Crippen molar-refractivity contribution in [3.05, 3.63) is 30.1 Å². The van der Waals surface area contributed by atoms with Crippen molar-refractivity contribution in [2.45, 2.75) is 52.6 Å². The summed E-state index contributed by atoms with van der Waals surface area (Å²) in [5, 5.41) is 3.00. The molecule has 2 rings (SSSR count). The highest BCUT2D eigenvalue weighted by Crippen LogP contribution is 2.18. The SMILES string of the molecule is CC(=O)N(Cc1cccnc1)C1CCCN(C(=O)NCCC(C)C)C1. The number of nitrogens with one attached hydrogen (secondary N) is 1. The molecule has 1 aromatic rings. The molecule has 25 heavy (non-hydrogen) atoms. The molecule has 0 aromatic carbocycles. The molecule has 1 fully saturated rings. The molecule has 0 aliphatic carbocycles. The largest absolute Gasteiger partial charge is 0.338 e. The van der Waals surface area contributed by atoms with E-state index in [-0.39, 0.29) is 18.0 Å². The molecule has 1 aliphatic rings. The van der Waals surface area contributed by atoms with Crippen LogP contribution in [0.5, 0.6) is 0 Å². The van der Waals surface area contributed by atoms with Crippen LogP contribution in [-0.2, 0) is 11.3 Å². The molecule has 0 spiro atoms. The van der Waals surface area contributed by atoms with Gasteiger partial charge in [0.15, 0.2) is 0 Å². The zero-order valence-electron chi connectivity index (χ0n) is 15.6. The number of likely N-dealkylation sites (tertiary alicyclic amines) is 1. The minimum atomic E-state index is -0.0183. The number of urea groups is 1. The topological polar surface area (TPSA) is 65.5 Å². The Morgan fingerprint density at radius 2 is 2.24 bits per heavy atom. The number of carbonyl (C=O) groups excluding carboxylic acids is 2. The molecule has 1 aromatic heterocycles. The molecule has 138 valence electrons. The maximum absolute atomic E-state index is 12.4. The van der Waals surface area contributed by atoms with Crippen LogP contribution >= 0.6 is 0 Å². The number of hydrogen-bond acceptors (Lipinski definition) is 3. The first-order valence-electron chi connectivity index (χ1n) is 9.16. The zero-order chi connectivity index (χ0) is 18.2.